The van der Waals surface area contributed by atoms with E-state index in [2.05, 4.69) is 59.0 Å². The van der Waals surface area contributed by atoms with Crippen LogP contribution in [0.2, 0.25) is 0 Å². The average Bonchev–Trinajstić information content (AvgIpc) is 1.67. The molecular weight excluding hydrogens is 1210 g/mol. The van der Waals surface area contributed by atoms with E-state index in [1.165, 1.54) is 10.5 Å². The van der Waals surface area contributed by atoms with Gasteiger partial charge in [0.15, 0.2) is 0 Å². The minimum atomic E-state index is -0.880. The minimum absolute atomic E-state index is 0.0572. The molecule has 6 heterocycles. The number of pyridine rings is 3. The Labute approximate surface area is 561 Å². The molecule has 0 saturated carbocycles. The number of aromatic nitrogens is 3. The lowest BCUT2D eigenvalue weighted by Gasteiger charge is -2.24. The van der Waals surface area contributed by atoms with Gasteiger partial charge in [0.1, 0.15) is 11.2 Å². The molecule has 0 spiro atoms. The number of aliphatic carboxylic acids is 1. The highest BCUT2D eigenvalue weighted by molar-refractivity contribution is 5.95. The number of hydrogen-bond acceptors (Lipinski definition) is 15. The number of carboxylic acids is 1. The second-order valence-electron chi connectivity index (χ2n) is 25.5. The lowest BCUT2D eigenvalue weighted by Crippen LogP contribution is -2.36. The molecular formula is C76H84N12O8. The van der Waals surface area contributed by atoms with Gasteiger partial charge in [-0.1, -0.05) is 97.1 Å². The minimum Gasteiger partial charge on any atom is -0.481 e. The zero-order chi connectivity index (χ0) is 68.0. The molecule has 9 aromatic rings. The number of amides is 4. The van der Waals surface area contributed by atoms with Gasteiger partial charge in [0, 0.05) is 110 Å². The summed E-state index contributed by atoms with van der Waals surface area (Å²) >= 11 is 0. The molecule has 3 aromatic heterocycles. The molecule has 0 radical (unpaired) electrons. The van der Waals surface area contributed by atoms with Crippen LogP contribution in [0.4, 0.5) is 60.8 Å². The Morgan fingerprint density at radius 1 is 0.427 bits per heavy atom. The Kier molecular flexibility index (Phi) is 23.9. The van der Waals surface area contributed by atoms with Gasteiger partial charge in [0.05, 0.1) is 53.4 Å². The van der Waals surface area contributed by atoms with Crippen molar-refractivity contribution >= 4 is 81.2 Å². The molecule has 6 aromatic carbocycles. The molecule has 496 valence electrons. The van der Waals surface area contributed by atoms with E-state index < -0.39 is 35.3 Å². The number of nitrogens with two attached hydrogens (primary N) is 1. The Bertz CT molecular complexity index is 3930. The molecule has 0 aliphatic carbocycles. The summed E-state index contributed by atoms with van der Waals surface area (Å²) in [7, 11) is 0. The van der Waals surface area contributed by atoms with Crippen LogP contribution in [-0.4, -0.2) is 110 Å². The average molecular weight is 1290 g/mol. The molecule has 6 atom stereocenters. The lowest BCUT2D eigenvalue weighted by molar-refractivity contribution is -0.141. The number of anilines is 9. The first-order valence-electron chi connectivity index (χ1n) is 31.9. The van der Waals surface area contributed by atoms with Crippen molar-refractivity contribution in [3.8, 4) is 0 Å². The number of nitrogens with one attached hydrogen (secondary N) is 6. The third kappa shape index (κ3) is 20.9. The van der Waals surface area contributed by atoms with Crippen molar-refractivity contribution in [2.24, 2.45) is 17.8 Å². The monoisotopic (exact) mass is 1290 g/mol. The van der Waals surface area contributed by atoms with Crippen LogP contribution >= 0.6 is 0 Å². The fraction of sp³-hybridized carbons (Fsp3) is 0.263. The van der Waals surface area contributed by atoms with Gasteiger partial charge in [-0.3, -0.25) is 29.3 Å². The normalized spacial score (nSPS) is 17.9. The van der Waals surface area contributed by atoms with E-state index in [1.54, 1.807) is 62.9 Å². The van der Waals surface area contributed by atoms with Crippen LogP contribution in [0.5, 0.6) is 0 Å². The van der Waals surface area contributed by atoms with Gasteiger partial charge in [-0.15, -0.1) is 0 Å². The van der Waals surface area contributed by atoms with Crippen molar-refractivity contribution < 1.29 is 38.6 Å². The first-order chi connectivity index (χ1) is 46.2. The summed E-state index contributed by atoms with van der Waals surface area (Å²) in [4.78, 5) is 77.7. The summed E-state index contributed by atoms with van der Waals surface area (Å²) < 4.78 is 10.9. The van der Waals surface area contributed by atoms with Gasteiger partial charge >= 0.3 is 18.2 Å². The van der Waals surface area contributed by atoms with Crippen LogP contribution in [0.3, 0.4) is 0 Å². The molecule has 3 saturated heterocycles. The summed E-state index contributed by atoms with van der Waals surface area (Å²) in [6.07, 6.45) is 9.64. The summed E-state index contributed by atoms with van der Waals surface area (Å²) in [6, 6.07) is 63.9. The summed E-state index contributed by atoms with van der Waals surface area (Å²) in [6.45, 7) is 13.7. The van der Waals surface area contributed by atoms with Gasteiger partial charge in [-0.25, -0.2) is 9.59 Å². The molecule has 20 heteroatoms. The summed E-state index contributed by atoms with van der Waals surface area (Å²) in [5, 5.41) is 28.6. The molecule has 0 unspecified atom stereocenters. The zero-order valence-corrected chi connectivity index (χ0v) is 54.8. The Morgan fingerprint density at radius 3 is 1.20 bits per heavy atom. The predicted molar refractivity (Wildman–Crippen MR) is 378 cm³/mol. The van der Waals surface area contributed by atoms with E-state index in [4.69, 9.17) is 15.2 Å². The van der Waals surface area contributed by atoms with Crippen molar-refractivity contribution in [3.63, 3.8) is 0 Å². The Balaban J connectivity index is 0.000000157. The number of hydrogen-bond donors (Lipinski definition) is 8. The van der Waals surface area contributed by atoms with Gasteiger partial charge in [-0.2, -0.15) is 0 Å². The van der Waals surface area contributed by atoms with Crippen molar-refractivity contribution in [2.75, 3.05) is 71.6 Å². The van der Waals surface area contributed by atoms with Gasteiger partial charge < -0.3 is 62.0 Å². The third-order valence-corrected chi connectivity index (χ3v) is 15.9. The van der Waals surface area contributed by atoms with Crippen LogP contribution in [0, 0.1) is 17.8 Å². The zero-order valence-electron chi connectivity index (χ0n) is 54.8. The Morgan fingerprint density at radius 2 is 0.802 bits per heavy atom. The SMILES string of the molecule is CC(C)(C)OC(=O)N1C[C@@H](C(=O)Nc2ccc(Nc3cccnc3)cc2)[C@H](c2ccccc2)C1.CC(C)(C)OC(=O)N1C[C@@H](C(=O)O)[C@H](c2ccccc2)C1.Nc1cccc(Nc2cccnc2)c1.O=C(Nc1ccc(Nc2cccnc2)cc1)[C@@H]1CNC[C@H]1c1ccccc1. The maximum atomic E-state index is 13.3. The van der Waals surface area contributed by atoms with Gasteiger partial charge in [-0.05, 0) is 161 Å². The molecule has 96 heavy (non-hydrogen) atoms. The molecule has 20 nitrogen and oxygen atoms in total. The number of ether oxygens (including phenoxy) is 2. The molecule has 0 bridgehead atoms. The largest absolute Gasteiger partial charge is 0.481 e. The van der Waals surface area contributed by atoms with E-state index in [1.807, 2.05) is 209 Å². The van der Waals surface area contributed by atoms with Crippen LogP contribution < -0.4 is 37.6 Å². The Hall–Kier alpha value is -11.1. The second kappa shape index (κ2) is 33.1. The number of nitrogens with zero attached hydrogens (tertiary/aromatic N) is 5. The summed E-state index contributed by atoms with van der Waals surface area (Å²) in [5.41, 5.74) is 15.5. The highest BCUT2D eigenvalue weighted by atomic mass is 16.6. The molecule has 3 aliphatic heterocycles. The van der Waals surface area contributed by atoms with Crippen molar-refractivity contribution in [2.45, 2.75) is 70.5 Å². The number of likely N-dealkylation sites (tertiary alicyclic amines) is 2. The number of carboxylic acid groups (broad SMARTS) is 1. The molecule has 9 N–H and O–H groups in total. The van der Waals surface area contributed by atoms with Crippen LogP contribution in [-0.2, 0) is 23.9 Å². The van der Waals surface area contributed by atoms with Crippen LogP contribution in [0.1, 0.15) is 76.0 Å². The number of carbonyl (C=O) groups is 5. The number of rotatable bonds is 14. The molecule has 3 fully saturated rings. The van der Waals surface area contributed by atoms with E-state index in [9.17, 15) is 29.1 Å². The molecule has 12 rings (SSSR count). The van der Waals surface area contributed by atoms with E-state index >= 15 is 0 Å². The smallest absolute Gasteiger partial charge is 0.410 e. The van der Waals surface area contributed by atoms with E-state index in [-0.39, 0.29) is 47.9 Å². The number of nitrogen functional groups attached to an aromatic ring is 1. The third-order valence-electron chi connectivity index (χ3n) is 15.9. The quantitative estimate of drug-likeness (QED) is 0.0470. The fourth-order valence-corrected chi connectivity index (χ4v) is 11.3. The maximum Gasteiger partial charge on any atom is 0.410 e. The lowest BCUT2D eigenvalue weighted by atomic mass is 9.88. The first kappa shape index (κ1) is 69.2. The van der Waals surface area contributed by atoms with Crippen molar-refractivity contribution in [1.82, 2.24) is 30.1 Å². The van der Waals surface area contributed by atoms with E-state index in [0.717, 1.165) is 63.2 Å². The fourth-order valence-electron chi connectivity index (χ4n) is 11.3. The maximum absolute atomic E-state index is 13.3. The van der Waals surface area contributed by atoms with Crippen molar-refractivity contribution in [3.05, 3.63) is 254 Å². The highest BCUT2D eigenvalue weighted by Crippen LogP contribution is 2.37. The molecule has 3 aliphatic rings. The predicted octanol–water partition coefficient (Wildman–Crippen LogP) is 14.3. The van der Waals surface area contributed by atoms with E-state index in [0.29, 0.717) is 31.9 Å². The highest BCUT2D eigenvalue weighted by Gasteiger charge is 2.43. The van der Waals surface area contributed by atoms with Crippen LogP contribution in [0.15, 0.2) is 237 Å². The van der Waals surface area contributed by atoms with Gasteiger partial charge in [0.25, 0.3) is 0 Å². The van der Waals surface area contributed by atoms with Crippen molar-refractivity contribution in [1.29, 1.82) is 0 Å². The standard InChI is InChI=1S/C27H30N4O3.C22H22N4O.C16H21NO4.C11H11N3/c1-27(2,3)34-26(33)31-17-23(19-8-5-4-6-9-19)24(18-31)25(32)30-21-13-11-20(12-14-21)29-22-10-7-15-28-16-22;27-22(21-15-24-14-20(21)16-5-2-1-3-6-16)26-18-10-8-17(9-11-18)25-19-7-4-12-23-13-19;1-16(2,3)21-15(20)17-9-12(13(10-17)14(18)19)11-7-5-4-6-8-11;12-9-3-1-4-10(7-9)14-11-5-2-6-13-8-11/h4-16,23-24,29H,17-18H2,1-3H3,(H,30,32);1-13,20-21,24-25H,14-15H2,(H,26,27);4-8,12-13H,9-10H2,1-3H3,(H,18,19);1-8,14H,12H2/t23-,24+;20-,21+;12-,13+;/m000./s1. The summed E-state index contributed by atoms with van der Waals surface area (Å²) in [5.74, 6) is -2.09. The molecule has 4 amide bonds. The van der Waals surface area contributed by atoms with Crippen LogP contribution in [0.25, 0.3) is 0 Å². The first-order valence-corrected chi connectivity index (χ1v) is 31.9. The van der Waals surface area contributed by atoms with Gasteiger partial charge in [0.2, 0.25) is 11.8 Å². The topological polar surface area (TPSA) is 267 Å². The number of carbonyl (C=O) groups excluding carboxylic acids is 4. The number of benzene rings is 6. The second-order valence-corrected chi connectivity index (χ2v) is 25.5.